The van der Waals surface area contributed by atoms with Crippen LogP contribution in [0.2, 0.25) is 0 Å². The smallest absolute Gasteiger partial charge is 0.306 e. The molecule has 0 aliphatic heterocycles. The molecule has 1 aromatic rings. The zero-order valence-corrected chi connectivity index (χ0v) is 10.2. The Labute approximate surface area is 106 Å². The van der Waals surface area contributed by atoms with E-state index in [4.69, 9.17) is 5.11 Å². The molecule has 1 aliphatic rings. The summed E-state index contributed by atoms with van der Waals surface area (Å²) in [6.45, 7) is 0.639. The van der Waals surface area contributed by atoms with Gasteiger partial charge in [-0.15, -0.1) is 0 Å². The summed E-state index contributed by atoms with van der Waals surface area (Å²) >= 11 is 0. The number of nitrogens with one attached hydrogen (secondary N) is 1. The molecule has 0 radical (unpaired) electrons. The number of carbonyl (C=O) groups is 1. The van der Waals surface area contributed by atoms with Gasteiger partial charge in [-0.2, -0.15) is 0 Å². The quantitative estimate of drug-likeness (QED) is 0.864. The molecule has 4 heteroatoms. The summed E-state index contributed by atoms with van der Waals surface area (Å²) in [4.78, 5) is 10.8. The van der Waals surface area contributed by atoms with Gasteiger partial charge in [-0.25, -0.2) is 4.39 Å². The van der Waals surface area contributed by atoms with Crippen molar-refractivity contribution in [3.8, 4) is 0 Å². The van der Waals surface area contributed by atoms with Gasteiger partial charge in [0.25, 0.3) is 0 Å². The van der Waals surface area contributed by atoms with Crippen molar-refractivity contribution >= 4 is 5.97 Å². The lowest BCUT2D eigenvalue weighted by Gasteiger charge is -2.27. The van der Waals surface area contributed by atoms with Crippen LogP contribution in [-0.4, -0.2) is 17.1 Å². The summed E-state index contributed by atoms with van der Waals surface area (Å²) in [6.07, 6.45) is 3.23. The molecule has 0 unspecified atom stereocenters. The number of halogens is 1. The lowest BCUT2D eigenvalue weighted by Crippen LogP contribution is -2.34. The number of hydrogen-bond donors (Lipinski definition) is 2. The second kappa shape index (κ2) is 5.96. The van der Waals surface area contributed by atoms with Crippen molar-refractivity contribution in [2.75, 3.05) is 0 Å². The van der Waals surface area contributed by atoms with Gasteiger partial charge in [0, 0.05) is 12.6 Å². The highest BCUT2D eigenvalue weighted by molar-refractivity contribution is 5.70. The first-order chi connectivity index (χ1) is 8.65. The van der Waals surface area contributed by atoms with Gasteiger partial charge < -0.3 is 10.4 Å². The zero-order valence-electron chi connectivity index (χ0n) is 10.2. The maximum absolute atomic E-state index is 13.0. The summed E-state index contributed by atoms with van der Waals surface area (Å²) < 4.78 is 13.0. The standard InChI is InChI=1S/C14H18FNO2/c15-12-3-1-2-10(8-12)9-16-13-6-4-11(5-7-13)14(17)18/h1-3,8,11,13,16H,4-7,9H2,(H,17,18). The third-order valence-electron chi connectivity index (χ3n) is 3.56. The van der Waals surface area contributed by atoms with Crippen LogP contribution in [0.5, 0.6) is 0 Å². The van der Waals surface area contributed by atoms with E-state index < -0.39 is 5.97 Å². The molecule has 1 fully saturated rings. The number of carboxylic acid groups (broad SMARTS) is 1. The summed E-state index contributed by atoms with van der Waals surface area (Å²) in [6, 6.07) is 6.90. The second-order valence-electron chi connectivity index (χ2n) is 4.90. The fraction of sp³-hybridized carbons (Fsp3) is 0.500. The van der Waals surface area contributed by atoms with Gasteiger partial charge in [0.2, 0.25) is 0 Å². The molecule has 3 nitrogen and oxygen atoms in total. The van der Waals surface area contributed by atoms with Crippen molar-refractivity contribution < 1.29 is 14.3 Å². The van der Waals surface area contributed by atoms with Gasteiger partial charge >= 0.3 is 5.97 Å². The maximum Gasteiger partial charge on any atom is 0.306 e. The summed E-state index contributed by atoms with van der Waals surface area (Å²) in [5.74, 6) is -1.08. The molecule has 1 saturated carbocycles. The normalized spacial score (nSPS) is 23.8. The van der Waals surface area contributed by atoms with E-state index >= 15 is 0 Å². The predicted molar refractivity (Wildman–Crippen MR) is 66.6 cm³/mol. The van der Waals surface area contributed by atoms with E-state index in [1.807, 2.05) is 6.07 Å². The third-order valence-corrected chi connectivity index (χ3v) is 3.56. The first-order valence-electron chi connectivity index (χ1n) is 6.36. The Kier molecular flexibility index (Phi) is 4.31. The van der Waals surface area contributed by atoms with Gasteiger partial charge in [-0.3, -0.25) is 4.79 Å². The molecule has 0 aromatic heterocycles. The molecular weight excluding hydrogens is 233 g/mol. The first kappa shape index (κ1) is 13.0. The molecule has 0 heterocycles. The number of carboxylic acids is 1. The molecule has 0 amide bonds. The van der Waals surface area contributed by atoms with Crippen LogP contribution in [0.15, 0.2) is 24.3 Å². The molecule has 1 aliphatic carbocycles. The van der Waals surface area contributed by atoms with Crippen LogP contribution in [0.1, 0.15) is 31.2 Å². The Morgan fingerprint density at radius 2 is 2.06 bits per heavy atom. The molecule has 2 rings (SSSR count). The monoisotopic (exact) mass is 251 g/mol. The topological polar surface area (TPSA) is 49.3 Å². The van der Waals surface area contributed by atoms with Crippen molar-refractivity contribution in [1.82, 2.24) is 5.32 Å². The van der Waals surface area contributed by atoms with Gasteiger partial charge in [-0.05, 0) is 43.4 Å². The van der Waals surface area contributed by atoms with Gasteiger partial charge in [0.05, 0.1) is 5.92 Å². The van der Waals surface area contributed by atoms with Gasteiger partial charge in [0.1, 0.15) is 5.82 Å². The summed E-state index contributed by atoms with van der Waals surface area (Å²) in [7, 11) is 0. The van der Waals surface area contributed by atoms with Crippen molar-refractivity contribution in [2.45, 2.75) is 38.3 Å². The average Bonchev–Trinajstić information content (AvgIpc) is 2.37. The molecule has 0 atom stereocenters. The fourth-order valence-electron chi connectivity index (χ4n) is 2.45. The molecule has 0 spiro atoms. The molecular formula is C14H18FNO2. The number of rotatable bonds is 4. The highest BCUT2D eigenvalue weighted by atomic mass is 19.1. The average molecular weight is 251 g/mol. The second-order valence-corrected chi connectivity index (χ2v) is 4.90. The zero-order chi connectivity index (χ0) is 13.0. The van der Waals surface area contributed by atoms with Crippen molar-refractivity contribution in [3.63, 3.8) is 0 Å². The van der Waals surface area contributed by atoms with Crippen LogP contribution in [0.3, 0.4) is 0 Å². The minimum atomic E-state index is -0.682. The number of benzene rings is 1. The van der Waals surface area contributed by atoms with Crippen LogP contribution >= 0.6 is 0 Å². The lowest BCUT2D eigenvalue weighted by atomic mass is 9.86. The third kappa shape index (κ3) is 3.53. The number of hydrogen-bond acceptors (Lipinski definition) is 2. The Hall–Kier alpha value is -1.42. The van der Waals surface area contributed by atoms with Crippen LogP contribution in [-0.2, 0) is 11.3 Å². The van der Waals surface area contributed by atoms with Crippen LogP contribution in [0.25, 0.3) is 0 Å². The number of aliphatic carboxylic acids is 1. The molecule has 2 N–H and O–H groups in total. The predicted octanol–water partition coefficient (Wildman–Crippen LogP) is 2.56. The first-order valence-corrected chi connectivity index (χ1v) is 6.36. The minimum Gasteiger partial charge on any atom is -0.481 e. The highest BCUT2D eigenvalue weighted by Crippen LogP contribution is 2.24. The molecule has 0 bridgehead atoms. The van der Waals surface area contributed by atoms with Gasteiger partial charge in [-0.1, -0.05) is 12.1 Å². The van der Waals surface area contributed by atoms with Crippen molar-refractivity contribution in [2.24, 2.45) is 5.92 Å². The molecule has 18 heavy (non-hydrogen) atoms. The molecule has 1 aromatic carbocycles. The lowest BCUT2D eigenvalue weighted by molar-refractivity contribution is -0.142. The van der Waals surface area contributed by atoms with Crippen LogP contribution < -0.4 is 5.32 Å². The Bertz CT molecular complexity index is 414. The van der Waals surface area contributed by atoms with E-state index in [1.165, 1.54) is 12.1 Å². The van der Waals surface area contributed by atoms with E-state index in [0.29, 0.717) is 12.6 Å². The van der Waals surface area contributed by atoms with Crippen molar-refractivity contribution in [3.05, 3.63) is 35.6 Å². The van der Waals surface area contributed by atoms with E-state index in [0.717, 1.165) is 31.2 Å². The summed E-state index contributed by atoms with van der Waals surface area (Å²) in [5, 5.41) is 12.3. The van der Waals surface area contributed by atoms with E-state index in [-0.39, 0.29) is 11.7 Å². The largest absolute Gasteiger partial charge is 0.481 e. The van der Waals surface area contributed by atoms with Gasteiger partial charge in [0.15, 0.2) is 0 Å². The van der Waals surface area contributed by atoms with E-state index in [9.17, 15) is 9.18 Å². The van der Waals surface area contributed by atoms with Crippen LogP contribution in [0.4, 0.5) is 4.39 Å². The summed E-state index contributed by atoms with van der Waals surface area (Å²) in [5.41, 5.74) is 0.926. The van der Waals surface area contributed by atoms with E-state index in [1.54, 1.807) is 6.07 Å². The Balaban J connectivity index is 1.77. The molecule has 0 saturated heterocycles. The molecule has 98 valence electrons. The SMILES string of the molecule is O=C(O)C1CCC(NCc2cccc(F)c2)CC1. The maximum atomic E-state index is 13.0. The fourth-order valence-corrected chi connectivity index (χ4v) is 2.45. The Morgan fingerprint density at radius 1 is 1.33 bits per heavy atom. The highest BCUT2D eigenvalue weighted by Gasteiger charge is 2.25. The van der Waals surface area contributed by atoms with Crippen molar-refractivity contribution in [1.29, 1.82) is 0 Å². The van der Waals surface area contributed by atoms with Crippen LogP contribution in [0, 0.1) is 11.7 Å². The minimum absolute atomic E-state index is 0.183. The van der Waals surface area contributed by atoms with E-state index in [2.05, 4.69) is 5.32 Å². The Morgan fingerprint density at radius 3 is 2.67 bits per heavy atom.